The molecule has 0 saturated heterocycles. The van der Waals surface area contributed by atoms with E-state index in [0.717, 1.165) is 0 Å². The predicted octanol–water partition coefficient (Wildman–Crippen LogP) is 14.6. The summed E-state index contributed by atoms with van der Waals surface area (Å²) in [5, 5.41) is 5.44. The second kappa shape index (κ2) is 20.4. The summed E-state index contributed by atoms with van der Waals surface area (Å²) in [6, 6.07) is 28.3. The highest BCUT2D eigenvalue weighted by Gasteiger charge is 2.05. The molecule has 0 nitrogen and oxygen atoms in total. The van der Waals surface area contributed by atoms with Crippen LogP contribution in [0.1, 0.15) is 153 Å². The Morgan fingerprint density at radius 1 is 0.295 bits per heavy atom. The first-order chi connectivity index (χ1) is 21.8. The van der Waals surface area contributed by atoms with Crippen LogP contribution >= 0.6 is 0 Å². The minimum Gasteiger partial charge on any atom is -0.0654 e. The van der Waals surface area contributed by atoms with Crippen molar-refractivity contribution in [3.8, 4) is 11.1 Å². The normalized spacial score (nSPS) is 11.6. The quantitative estimate of drug-likeness (QED) is 0.0754. The molecule has 0 amide bonds. The molecule has 0 atom stereocenters. The van der Waals surface area contributed by atoms with Gasteiger partial charge in [-0.1, -0.05) is 190 Å². The molecule has 0 aliphatic carbocycles. The molecular weight excluding hydrogens is 528 g/mol. The highest BCUT2D eigenvalue weighted by molar-refractivity contribution is 5.91. The van der Waals surface area contributed by atoms with Crippen LogP contribution < -0.4 is 0 Å². The molecule has 0 radical (unpaired) electrons. The van der Waals surface area contributed by atoms with Gasteiger partial charge in [0.15, 0.2) is 0 Å². The van der Waals surface area contributed by atoms with Crippen LogP contribution in [0.2, 0.25) is 0 Å². The first kappa shape index (κ1) is 34.3. The fourth-order valence-electron chi connectivity index (χ4n) is 6.89. The summed E-state index contributed by atoms with van der Waals surface area (Å²) in [7, 11) is 0. The van der Waals surface area contributed by atoms with Crippen LogP contribution in [0.25, 0.3) is 32.7 Å². The van der Waals surface area contributed by atoms with Gasteiger partial charge in [0, 0.05) is 0 Å². The van der Waals surface area contributed by atoms with Crippen LogP contribution in [0.5, 0.6) is 0 Å². The third kappa shape index (κ3) is 12.1. The van der Waals surface area contributed by atoms with Gasteiger partial charge < -0.3 is 0 Å². The standard InChI is InChI=1S/C44H62/c1-3-5-7-9-11-13-15-17-19-21-23-37-25-27-41-35-43(31-29-39(41)33-37)44-32-30-40-34-38(26-28-42(40)36-44)24-22-20-18-16-14-12-10-8-6-4-2/h25-36H,3-24H2,1-2H3. The van der Waals surface area contributed by atoms with Crippen molar-refractivity contribution >= 4 is 21.5 Å². The lowest BCUT2D eigenvalue weighted by Crippen LogP contribution is -1.88. The van der Waals surface area contributed by atoms with E-state index in [0.29, 0.717) is 0 Å². The number of fused-ring (bicyclic) bond motifs is 2. The molecule has 0 heterocycles. The maximum Gasteiger partial charge on any atom is -0.0177 e. The number of hydrogen-bond acceptors (Lipinski definition) is 0. The lowest BCUT2D eigenvalue weighted by molar-refractivity contribution is 0.556. The van der Waals surface area contributed by atoms with Crippen molar-refractivity contribution in [2.24, 2.45) is 0 Å². The van der Waals surface area contributed by atoms with Gasteiger partial charge in [0.1, 0.15) is 0 Å². The van der Waals surface area contributed by atoms with E-state index in [1.54, 1.807) is 0 Å². The average molecular weight is 591 g/mol. The SMILES string of the molecule is CCCCCCCCCCCCc1ccc2cc(-c3ccc4cc(CCCCCCCCCCCC)ccc4c3)ccc2c1. The highest BCUT2D eigenvalue weighted by atomic mass is 14.1. The van der Waals surface area contributed by atoms with Crippen molar-refractivity contribution in [3.63, 3.8) is 0 Å². The van der Waals surface area contributed by atoms with Crippen LogP contribution in [0.15, 0.2) is 72.8 Å². The lowest BCUT2D eigenvalue weighted by Gasteiger charge is -2.09. The Morgan fingerprint density at radius 2 is 0.591 bits per heavy atom. The minimum absolute atomic E-state index is 1.21. The Morgan fingerprint density at radius 3 is 0.955 bits per heavy atom. The van der Waals surface area contributed by atoms with Gasteiger partial charge >= 0.3 is 0 Å². The summed E-state index contributed by atoms with van der Waals surface area (Å²) < 4.78 is 0. The van der Waals surface area contributed by atoms with E-state index >= 15 is 0 Å². The zero-order valence-corrected chi connectivity index (χ0v) is 28.5. The van der Waals surface area contributed by atoms with E-state index in [1.165, 1.54) is 185 Å². The topological polar surface area (TPSA) is 0 Å². The molecular formula is C44H62. The summed E-state index contributed by atoms with van der Waals surface area (Å²) in [5.41, 5.74) is 5.61. The molecule has 238 valence electrons. The predicted molar refractivity (Wildman–Crippen MR) is 198 cm³/mol. The summed E-state index contributed by atoms with van der Waals surface area (Å²) >= 11 is 0. The van der Waals surface area contributed by atoms with Crippen LogP contribution in [0.4, 0.5) is 0 Å². The molecule has 4 rings (SSSR count). The average Bonchev–Trinajstić information content (AvgIpc) is 3.06. The third-order valence-electron chi connectivity index (χ3n) is 9.78. The number of unbranched alkanes of at least 4 members (excludes halogenated alkanes) is 18. The van der Waals surface area contributed by atoms with E-state index in [-0.39, 0.29) is 0 Å². The largest absolute Gasteiger partial charge is 0.0654 e. The molecule has 0 aliphatic rings. The van der Waals surface area contributed by atoms with Gasteiger partial charge in [-0.15, -0.1) is 0 Å². The highest BCUT2D eigenvalue weighted by Crippen LogP contribution is 2.29. The Balaban J connectivity index is 1.20. The Kier molecular flexibility index (Phi) is 15.9. The van der Waals surface area contributed by atoms with Gasteiger partial charge in [-0.05, 0) is 81.6 Å². The molecule has 0 saturated carbocycles. The van der Waals surface area contributed by atoms with Crippen LogP contribution in [-0.2, 0) is 12.8 Å². The molecule has 4 aromatic rings. The zero-order chi connectivity index (χ0) is 30.7. The van der Waals surface area contributed by atoms with Gasteiger partial charge in [0.25, 0.3) is 0 Å². The molecule has 0 heteroatoms. The minimum atomic E-state index is 1.21. The van der Waals surface area contributed by atoms with Gasteiger partial charge in [0.05, 0.1) is 0 Å². The third-order valence-corrected chi connectivity index (χ3v) is 9.78. The Labute approximate surface area is 271 Å². The first-order valence-electron chi connectivity index (χ1n) is 18.8. The van der Waals surface area contributed by atoms with Crippen LogP contribution in [0.3, 0.4) is 0 Å². The maximum absolute atomic E-state index is 2.42. The summed E-state index contributed by atoms with van der Waals surface area (Å²) in [6.45, 7) is 4.60. The second-order valence-electron chi connectivity index (χ2n) is 13.7. The molecule has 0 N–H and O–H groups in total. The van der Waals surface area contributed by atoms with E-state index < -0.39 is 0 Å². The van der Waals surface area contributed by atoms with Crippen molar-refractivity contribution < 1.29 is 0 Å². The molecule has 0 aliphatic heterocycles. The first-order valence-corrected chi connectivity index (χ1v) is 18.8. The fourth-order valence-corrected chi connectivity index (χ4v) is 6.89. The summed E-state index contributed by atoms with van der Waals surface area (Å²) in [5.74, 6) is 0. The molecule has 0 bridgehead atoms. The smallest absolute Gasteiger partial charge is 0.0177 e. The van der Waals surface area contributed by atoms with E-state index in [4.69, 9.17) is 0 Å². The van der Waals surface area contributed by atoms with Crippen molar-refractivity contribution in [3.05, 3.63) is 83.9 Å². The molecule has 4 aromatic carbocycles. The van der Waals surface area contributed by atoms with Crippen molar-refractivity contribution in [2.75, 3.05) is 0 Å². The van der Waals surface area contributed by atoms with Gasteiger partial charge in [-0.25, -0.2) is 0 Å². The number of rotatable bonds is 23. The number of hydrogen-bond donors (Lipinski definition) is 0. The van der Waals surface area contributed by atoms with E-state index in [1.807, 2.05) is 0 Å². The molecule has 0 fully saturated rings. The lowest BCUT2D eigenvalue weighted by atomic mass is 9.96. The molecule has 0 spiro atoms. The van der Waals surface area contributed by atoms with Gasteiger partial charge in [-0.2, -0.15) is 0 Å². The fraction of sp³-hybridized carbons (Fsp3) is 0.545. The van der Waals surface area contributed by atoms with Crippen LogP contribution in [0, 0.1) is 0 Å². The van der Waals surface area contributed by atoms with Gasteiger partial charge in [0.2, 0.25) is 0 Å². The summed E-state index contributed by atoms with van der Waals surface area (Å²) in [4.78, 5) is 0. The second-order valence-corrected chi connectivity index (χ2v) is 13.7. The Bertz CT molecular complexity index is 1240. The van der Waals surface area contributed by atoms with Gasteiger partial charge in [-0.3, -0.25) is 0 Å². The van der Waals surface area contributed by atoms with Crippen molar-refractivity contribution in [1.82, 2.24) is 0 Å². The van der Waals surface area contributed by atoms with E-state index in [9.17, 15) is 0 Å². The molecule has 0 aromatic heterocycles. The molecule has 0 unspecified atom stereocenters. The number of benzene rings is 4. The maximum atomic E-state index is 2.42. The molecule has 44 heavy (non-hydrogen) atoms. The number of aryl methyl sites for hydroxylation is 2. The Hall–Kier alpha value is -2.60. The van der Waals surface area contributed by atoms with Crippen molar-refractivity contribution in [1.29, 1.82) is 0 Å². The van der Waals surface area contributed by atoms with Crippen LogP contribution in [-0.4, -0.2) is 0 Å². The monoisotopic (exact) mass is 590 g/mol. The summed E-state index contributed by atoms with van der Waals surface area (Å²) in [6.07, 6.45) is 30.4. The van der Waals surface area contributed by atoms with Crippen molar-refractivity contribution in [2.45, 2.75) is 155 Å². The van der Waals surface area contributed by atoms with E-state index in [2.05, 4.69) is 86.6 Å². The zero-order valence-electron chi connectivity index (χ0n) is 28.5.